The number of piperidine rings is 1. The molecular weight excluding hydrogens is 397 g/mol. The van der Waals surface area contributed by atoms with Gasteiger partial charge in [0.15, 0.2) is 5.96 Å². The van der Waals surface area contributed by atoms with Crippen molar-refractivity contribution in [2.45, 2.75) is 39.3 Å². The van der Waals surface area contributed by atoms with Crippen molar-refractivity contribution in [1.82, 2.24) is 10.2 Å². The van der Waals surface area contributed by atoms with E-state index in [-0.39, 0.29) is 24.0 Å². The first-order valence-electron chi connectivity index (χ1n) is 7.50. The molecule has 1 aliphatic heterocycles. The summed E-state index contributed by atoms with van der Waals surface area (Å²) in [6, 6.07) is 4.22. The second-order valence-electron chi connectivity index (χ2n) is 4.89. The first kappa shape index (κ1) is 18.7. The average molecular weight is 423 g/mol. The Morgan fingerprint density at radius 3 is 2.76 bits per heavy atom. The van der Waals surface area contributed by atoms with E-state index in [9.17, 15) is 0 Å². The number of rotatable bonds is 5. The molecule has 1 aromatic heterocycles. The summed E-state index contributed by atoms with van der Waals surface area (Å²) in [4.78, 5) is 8.42. The fraction of sp³-hybridized carbons (Fsp3) is 0.667. The number of likely N-dealkylation sites (tertiary alicyclic amines) is 1. The number of halogens is 1. The molecule has 0 unspecified atom stereocenters. The fourth-order valence-corrected chi connectivity index (χ4v) is 3.08. The van der Waals surface area contributed by atoms with Gasteiger partial charge in [-0.15, -0.1) is 35.3 Å². The third-order valence-corrected chi connectivity index (χ3v) is 4.30. The first-order chi connectivity index (χ1) is 9.83. The molecule has 6 heteroatoms. The summed E-state index contributed by atoms with van der Waals surface area (Å²) in [6.45, 7) is 8.74. The number of aliphatic imine (C=N–C) groups is 1. The Labute approximate surface area is 149 Å². The Bertz CT molecular complexity index is 403. The van der Waals surface area contributed by atoms with E-state index in [1.54, 1.807) is 11.3 Å². The maximum atomic E-state index is 5.70. The lowest BCUT2D eigenvalue weighted by Gasteiger charge is -2.34. The lowest BCUT2D eigenvalue weighted by molar-refractivity contribution is 0.0263. The van der Waals surface area contributed by atoms with Crippen LogP contribution in [0.2, 0.25) is 0 Å². The second-order valence-corrected chi connectivity index (χ2v) is 5.92. The van der Waals surface area contributed by atoms with Crippen LogP contribution in [0.5, 0.6) is 0 Å². The van der Waals surface area contributed by atoms with Gasteiger partial charge in [0.05, 0.1) is 12.6 Å². The van der Waals surface area contributed by atoms with Gasteiger partial charge in [-0.25, -0.2) is 4.99 Å². The van der Waals surface area contributed by atoms with Crippen LogP contribution in [0, 0.1) is 0 Å². The van der Waals surface area contributed by atoms with Crippen molar-refractivity contribution in [3.63, 3.8) is 0 Å². The van der Waals surface area contributed by atoms with E-state index in [1.807, 2.05) is 0 Å². The summed E-state index contributed by atoms with van der Waals surface area (Å²) in [5.41, 5.74) is 0. The average Bonchev–Trinajstić information content (AvgIpc) is 2.98. The van der Waals surface area contributed by atoms with Gasteiger partial charge in [0.25, 0.3) is 0 Å². The van der Waals surface area contributed by atoms with Gasteiger partial charge >= 0.3 is 0 Å². The topological polar surface area (TPSA) is 36.9 Å². The highest BCUT2D eigenvalue weighted by Crippen LogP contribution is 2.15. The van der Waals surface area contributed by atoms with Gasteiger partial charge in [0.1, 0.15) is 0 Å². The predicted molar refractivity (Wildman–Crippen MR) is 101 cm³/mol. The van der Waals surface area contributed by atoms with Crippen molar-refractivity contribution in [3.05, 3.63) is 22.4 Å². The Morgan fingerprint density at radius 2 is 2.19 bits per heavy atom. The Kier molecular flexibility index (Phi) is 9.26. The van der Waals surface area contributed by atoms with E-state index in [2.05, 4.69) is 41.6 Å². The van der Waals surface area contributed by atoms with Crippen LogP contribution in [0.25, 0.3) is 0 Å². The molecule has 0 atom stereocenters. The van der Waals surface area contributed by atoms with Gasteiger partial charge in [0, 0.05) is 31.1 Å². The monoisotopic (exact) mass is 423 g/mol. The summed E-state index contributed by atoms with van der Waals surface area (Å²) >= 11 is 1.76. The predicted octanol–water partition coefficient (Wildman–Crippen LogP) is 3.33. The van der Waals surface area contributed by atoms with Crippen molar-refractivity contribution in [1.29, 1.82) is 0 Å². The lowest BCUT2D eigenvalue weighted by Crippen LogP contribution is -2.47. The highest BCUT2D eigenvalue weighted by molar-refractivity contribution is 14.0. The van der Waals surface area contributed by atoms with Crippen LogP contribution in [-0.2, 0) is 11.3 Å². The number of hydrogen-bond donors (Lipinski definition) is 1. The van der Waals surface area contributed by atoms with Gasteiger partial charge < -0.3 is 15.0 Å². The molecule has 0 amide bonds. The summed E-state index contributed by atoms with van der Waals surface area (Å²) in [5.74, 6) is 1.04. The molecule has 2 rings (SSSR count). The van der Waals surface area contributed by atoms with Crippen LogP contribution >= 0.6 is 35.3 Å². The highest BCUT2D eigenvalue weighted by atomic mass is 127. The molecular formula is C15H26IN3OS. The van der Waals surface area contributed by atoms with E-state index in [4.69, 9.17) is 9.73 Å². The van der Waals surface area contributed by atoms with E-state index in [0.29, 0.717) is 6.10 Å². The molecule has 1 aromatic rings. The van der Waals surface area contributed by atoms with Crippen LogP contribution in [-0.4, -0.2) is 43.2 Å². The zero-order valence-corrected chi connectivity index (χ0v) is 16.0. The number of thiophene rings is 1. The van der Waals surface area contributed by atoms with Gasteiger partial charge in [-0.1, -0.05) is 6.07 Å². The quantitative estimate of drug-likeness (QED) is 0.449. The molecule has 1 N–H and O–H groups in total. The molecule has 120 valence electrons. The number of guanidine groups is 1. The summed E-state index contributed by atoms with van der Waals surface area (Å²) < 4.78 is 5.70. The van der Waals surface area contributed by atoms with Crippen molar-refractivity contribution in [3.8, 4) is 0 Å². The molecule has 0 aliphatic carbocycles. The van der Waals surface area contributed by atoms with Gasteiger partial charge in [-0.2, -0.15) is 0 Å². The van der Waals surface area contributed by atoms with E-state index >= 15 is 0 Å². The number of hydrogen-bond acceptors (Lipinski definition) is 3. The summed E-state index contributed by atoms with van der Waals surface area (Å²) in [7, 11) is 0. The minimum absolute atomic E-state index is 0. The van der Waals surface area contributed by atoms with E-state index < -0.39 is 0 Å². The molecule has 0 saturated carbocycles. The zero-order chi connectivity index (χ0) is 14.2. The molecule has 2 heterocycles. The highest BCUT2D eigenvalue weighted by Gasteiger charge is 2.21. The summed E-state index contributed by atoms with van der Waals surface area (Å²) in [5, 5.41) is 5.50. The number of ether oxygens (including phenoxy) is 1. The Hall–Kier alpha value is -0.340. The maximum absolute atomic E-state index is 5.70. The molecule has 0 spiro atoms. The minimum atomic E-state index is 0. The summed E-state index contributed by atoms with van der Waals surface area (Å²) in [6.07, 6.45) is 2.62. The number of nitrogens with zero attached hydrogens (tertiary/aromatic N) is 2. The molecule has 0 aromatic carbocycles. The lowest BCUT2D eigenvalue weighted by atomic mass is 10.1. The zero-order valence-electron chi connectivity index (χ0n) is 12.9. The SMILES string of the molecule is CCNC(=NCc1cccs1)N1CCC(OCC)CC1.I. The van der Waals surface area contributed by atoms with Crippen LogP contribution < -0.4 is 5.32 Å². The normalized spacial score (nSPS) is 16.7. The molecule has 0 bridgehead atoms. The van der Waals surface area contributed by atoms with Crippen molar-refractivity contribution in [2.24, 2.45) is 4.99 Å². The van der Waals surface area contributed by atoms with Gasteiger partial charge in [0.2, 0.25) is 0 Å². The van der Waals surface area contributed by atoms with Crippen LogP contribution in [0.1, 0.15) is 31.6 Å². The Morgan fingerprint density at radius 1 is 1.43 bits per heavy atom. The third-order valence-electron chi connectivity index (χ3n) is 3.44. The largest absolute Gasteiger partial charge is 0.378 e. The Balaban J connectivity index is 0.00000220. The first-order valence-corrected chi connectivity index (χ1v) is 8.38. The van der Waals surface area contributed by atoms with Crippen molar-refractivity contribution >= 4 is 41.3 Å². The van der Waals surface area contributed by atoms with Gasteiger partial charge in [-0.3, -0.25) is 0 Å². The second kappa shape index (κ2) is 10.4. The van der Waals surface area contributed by atoms with Gasteiger partial charge in [-0.05, 0) is 38.1 Å². The van der Waals surface area contributed by atoms with E-state index in [1.165, 1.54) is 4.88 Å². The smallest absolute Gasteiger partial charge is 0.194 e. The number of nitrogens with one attached hydrogen (secondary N) is 1. The molecule has 21 heavy (non-hydrogen) atoms. The van der Waals surface area contributed by atoms with Crippen molar-refractivity contribution in [2.75, 3.05) is 26.2 Å². The molecule has 1 aliphatic rings. The minimum Gasteiger partial charge on any atom is -0.378 e. The van der Waals surface area contributed by atoms with E-state index in [0.717, 1.165) is 51.6 Å². The third kappa shape index (κ3) is 6.12. The standard InChI is InChI=1S/C15H25N3OS.HI/c1-3-16-15(17-12-14-6-5-11-20-14)18-9-7-13(8-10-18)19-4-2;/h5-6,11,13H,3-4,7-10,12H2,1-2H3,(H,16,17);1H. The van der Waals surface area contributed by atoms with Crippen molar-refractivity contribution < 1.29 is 4.74 Å². The molecule has 1 fully saturated rings. The van der Waals surface area contributed by atoms with Crippen LogP contribution in [0.4, 0.5) is 0 Å². The maximum Gasteiger partial charge on any atom is 0.194 e. The van der Waals surface area contributed by atoms with Crippen LogP contribution in [0.15, 0.2) is 22.5 Å². The molecule has 4 nitrogen and oxygen atoms in total. The molecule has 0 radical (unpaired) electrons. The fourth-order valence-electron chi connectivity index (χ4n) is 2.45. The van der Waals surface area contributed by atoms with Crippen LogP contribution in [0.3, 0.4) is 0 Å². The molecule has 1 saturated heterocycles.